The Morgan fingerprint density at radius 3 is 1.84 bits per heavy atom. The van der Waals surface area contributed by atoms with Gasteiger partial charge in [0.1, 0.15) is 22.5 Å². The number of aromatic nitrogens is 3. The van der Waals surface area contributed by atoms with Crippen molar-refractivity contribution < 1.29 is 5.11 Å². The Hall–Kier alpha value is -2.36. The summed E-state index contributed by atoms with van der Waals surface area (Å²) < 4.78 is 0. The van der Waals surface area contributed by atoms with E-state index in [0.29, 0.717) is 11.4 Å². The van der Waals surface area contributed by atoms with Crippen molar-refractivity contribution in [1.29, 1.82) is 0 Å². The summed E-state index contributed by atoms with van der Waals surface area (Å²) in [6.45, 7) is 4.51. The molecule has 0 aliphatic heterocycles. The van der Waals surface area contributed by atoms with Crippen LogP contribution in [0, 0.1) is 0 Å². The van der Waals surface area contributed by atoms with Crippen LogP contribution < -0.4 is 0 Å². The molecule has 0 aliphatic carbocycles. The van der Waals surface area contributed by atoms with Gasteiger partial charge in [0.05, 0.1) is 0 Å². The molecule has 0 unspecified atom stereocenters. The van der Waals surface area contributed by atoms with Gasteiger partial charge in [0.2, 0.25) is 0 Å². The molecule has 0 saturated heterocycles. The molecule has 2 aromatic carbocycles. The molecule has 4 heteroatoms. The van der Waals surface area contributed by atoms with Gasteiger partial charge >= 0.3 is 0 Å². The van der Waals surface area contributed by atoms with E-state index >= 15 is 0 Å². The number of fused-ring (bicyclic) bond motifs is 1. The summed E-state index contributed by atoms with van der Waals surface area (Å²) >= 11 is 0. The minimum Gasteiger partial charge on any atom is -0.505 e. The van der Waals surface area contributed by atoms with E-state index in [1.807, 2.05) is 24.3 Å². The third-order valence-electron chi connectivity index (χ3n) is 6.35. The van der Waals surface area contributed by atoms with Crippen molar-refractivity contribution in [2.24, 2.45) is 0 Å². The molecular formula is C28H41N3O. The van der Waals surface area contributed by atoms with Crippen molar-refractivity contribution in [2.45, 2.75) is 104 Å². The lowest BCUT2D eigenvalue weighted by molar-refractivity contribution is 0.458. The maximum absolute atomic E-state index is 11.1. The van der Waals surface area contributed by atoms with Crippen LogP contribution >= 0.6 is 0 Å². The van der Waals surface area contributed by atoms with E-state index in [9.17, 15) is 5.11 Å². The van der Waals surface area contributed by atoms with E-state index in [0.717, 1.165) is 35.9 Å². The van der Waals surface area contributed by atoms with Crippen LogP contribution in [0.2, 0.25) is 0 Å². The van der Waals surface area contributed by atoms with Crippen LogP contribution in [0.3, 0.4) is 0 Å². The molecule has 0 atom stereocenters. The fourth-order valence-electron chi connectivity index (χ4n) is 4.40. The zero-order chi connectivity index (χ0) is 22.6. The maximum Gasteiger partial charge on any atom is 0.146 e. The Labute approximate surface area is 194 Å². The third-order valence-corrected chi connectivity index (χ3v) is 6.35. The number of aryl methyl sites for hydroxylation is 2. The molecule has 0 aliphatic rings. The van der Waals surface area contributed by atoms with Crippen LogP contribution in [-0.4, -0.2) is 20.1 Å². The maximum atomic E-state index is 11.1. The fourth-order valence-corrected chi connectivity index (χ4v) is 4.40. The van der Waals surface area contributed by atoms with Crippen molar-refractivity contribution in [3.63, 3.8) is 0 Å². The van der Waals surface area contributed by atoms with Gasteiger partial charge in [-0.05, 0) is 55.0 Å². The molecule has 0 bridgehead atoms. The second-order valence-corrected chi connectivity index (χ2v) is 9.14. The lowest BCUT2D eigenvalue weighted by Gasteiger charge is -2.13. The second-order valence-electron chi connectivity index (χ2n) is 9.14. The van der Waals surface area contributed by atoms with Crippen LogP contribution in [0.25, 0.3) is 16.7 Å². The normalized spacial score (nSPS) is 11.4. The molecule has 0 saturated carbocycles. The van der Waals surface area contributed by atoms with Crippen molar-refractivity contribution in [2.75, 3.05) is 0 Å². The number of hydrogen-bond donors (Lipinski definition) is 1. The molecule has 0 amide bonds. The van der Waals surface area contributed by atoms with Crippen molar-refractivity contribution in [3.8, 4) is 11.4 Å². The van der Waals surface area contributed by atoms with Crippen LogP contribution in [0.4, 0.5) is 0 Å². The molecule has 0 fully saturated rings. The van der Waals surface area contributed by atoms with Crippen LogP contribution in [0.15, 0.2) is 36.4 Å². The van der Waals surface area contributed by atoms with Gasteiger partial charge in [-0.1, -0.05) is 96.3 Å². The molecule has 1 heterocycles. The molecule has 0 spiro atoms. The first-order valence-electron chi connectivity index (χ1n) is 12.9. The zero-order valence-electron chi connectivity index (χ0n) is 20.2. The number of hydrogen-bond acceptors (Lipinski definition) is 3. The Morgan fingerprint density at radius 1 is 0.688 bits per heavy atom. The van der Waals surface area contributed by atoms with Gasteiger partial charge in [-0.25, -0.2) is 0 Å². The van der Waals surface area contributed by atoms with E-state index in [4.69, 9.17) is 0 Å². The van der Waals surface area contributed by atoms with Gasteiger partial charge in [-0.15, -0.1) is 15.0 Å². The highest BCUT2D eigenvalue weighted by Crippen LogP contribution is 2.30. The first kappa shape index (κ1) is 24.3. The summed E-state index contributed by atoms with van der Waals surface area (Å²) in [5.41, 5.74) is 4.74. The fraction of sp³-hybridized carbons (Fsp3) is 0.571. The molecule has 1 N–H and O–H groups in total. The molecule has 0 radical (unpaired) electrons. The quantitative estimate of drug-likeness (QED) is 0.247. The van der Waals surface area contributed by atoms with Crippen LogP contribution in [-0.2, 0) is 12.8 Å². The average molecular weight is 436 g/mol. The third kappa shape index (κ3) is 7.08. The minimum absolute atomic E-state index is 0.338. The lowest BCUT2D eigenvalue weighted by Crippen LogP contribution is -2.03. The summed E-state index contributed by atoms with van der Waals surface area (Å²) in [5.74, 6) is 0.338. The van der Waals surface area contributed by atoms with Crippen molar-refractivity contribution in [3.05, 3.63) is 47.5 Å². The van der Waals surface area contributed by atoms with E-state index in [-0.39, 0.29) is 0 Å². The summed E-state index contributed by atoms with van der Waals surface area (Å²) in [5, 5.41) is 20.4. The summed E-state index contributed by atoms with van der Waals surface area (Å²) in [7, 11) is 0. The summed E-state index contributed by atoms with van der Waals surface area (Å²) in [4.78, 5) is 1.62. The molecule has 174 valence electrons. The van der Waals surface area contributed by atoms with E-state index < -0.39 is 0 Å². The van der Waals surface area contributed by atoms with Gasteiger partial charge in [0, 0.05) is 0 Å². The molecule has 3 aromatic rings. The SMILES string of the molecule is CCCCCCCCCCc1cc(CCCCCC)cc(-n2nc3ccccc3n2)c1O. The van der Waals surface area contributed by atoms with E-state index in [1.54, 1.807) is 4.80 Å². The first-order chi connectivity index (χ1) is 15.7. The number of phenols is 1. The highest BCUT2D eigenvalue weighted by Gasteiger charge is 2.14. The summed E-state index contributed by atoms with van der Waals surface area (Å²) in [6.07, 6.45) is 17.3. The number of nitrogens with zero attached hydrogens (tertiary/aromatic N) is 3. The Morgan fingerprint density at radius 2 is 1.22 bits per heavy atom. The predicted molar refractivity (Wildman–Crippen MR) is 135 cm³/mol. The molecular weight excluding hydrogens is 394 g/mol. The van der Waals surface area contributed by atoms with Gasteiger partial charge in [-0.2, -0.15) is 0 Å². The summed E-state index contributed by atoms with van der Waals surface area (Å²) in [6, 6.07) is 12.2. The first-order valence-corrected chi connectivity index (χ1v) is 12.9. The number of phenolic OH excluding ortho intramolecular Hbond substituents is 1. The second kappa shape index (κ2) is 13.2. The van der Waals surface area contributed by atoms with Gasteiger partial charge in [0.25, 0.3) is 0 Å². The zero-order valence-corrected chi connectivity index (χ0v) is 20.2. The predicted octanol–water partition coefficient (Wildman–Crippen LogP) is 7.93. The Bertz CT molecular complexity index is 914. The monoisotopic (exact) mass is 435 g/mol. The van der Waals surface area contributed by atoms with E-state index in [2.05, 4.69) is 36.2 Å². The smallest absolute Gasteiger partial charge is 0.146 e. The number of benzene rings is 2. The topological polar surface area (TPSA) is 50.9 Å². The van der Waals surface area contributed by atoms with Crippen molar-refractivity contribution >= 4 is 11.0 Å². The van der Waals surface area contributed by atoms with Gasteiger partial charge < -0.3 is 5.11 Å². The van der Waals surface area contributed by atoms with E-state index in [1.165, 1.54) is 76.2 Å². The Kier molecular flexibility index (Phi) is 10.1. The minimum atomic E-state index is 0.338. The molecule has 3 rings (SSSR count). The standard InChI is InChI=1S/C28H41N3O/c1-3-5-7-9-10-11-12-14-18-24-21-23(17-13-8-6-4-2)22-27(28(24)32)31-29-25-19-15-16-20-26(25)30-31/h15-16,19-22,32H,3-14,17-18H2,1-2H3. The van der Waals surface area contributed by atoms with Gasteiger partial charge in [0.15, 0.2) is 0 Å². The largest absolute Gasteiger partial charge is 0.505 e. The number of rotatable bonds is 15. The van der Waals surface area contributed by atoms with Crippen molar-refractivity contribution in [1.82, 2.24) is 15.0 Å². The number of aromatic hydroxyl groups is 1. The molecule has 4 nitrogen and oxygen atoms in total. The lowest BCUT2D eigenvalue weighted by atomic mass is 9.98. The van der Waals surface area contributed by atoms with Crippen LogP contribution in [0.1, 0.15) is 102 Å². The average Bonchev–Trinajstić information content (AvgIpc) is 3.24. The molecule has 32 heavy (non-hydrogen) atoms. The van der Waals surface area contributed by atoms with Gasteiger partial charge in [-0.3, -0.25) is 0 Å². The highest BCUT2D eigenvalue weighted by molar-refractivity contribution is 5.73. The van der Waals surface area contributed by atoms with Crippen LogP contribution in [0.5, 0.6) is 5.75 Å². The highest BCUT2D eigenvalue weighted by atomic mass is 16.3. The number of unbranched alkanes of at least 4 members (excludes halogenated alkanes) is 10. The Balaban J connectivity index is 1.70. The molecule has 1 aromatic heterocycles.